The van der Waals surface area contributed by atoms with Gasteiger partial charge in [0, 0.05) is 6.54 Å². The molecule has 0 radical (unpaired) electrons. The van der Waals surface area contributed by atoms with Crippen LogP contribution in [0.5, 0.6) is 0 Å². The van der Waals surface area contributed by atoms with Crippen molar-refractivity contribution in [2.75, 3.05) is 13.2 Å². The molecule has 5 N–H and O–H groups in total. The molecular formula is C3H11Cl2N3O. The highest BCUT2D eigenvalue weighted by atomic mass is 35.5. The molecule has 0 heterocycles. The largest absolute Gasteiger partial charge is 0.464 e. The van der Waals surface area contributed by atoms with Crippen molar-refractivity contribution in [3.05, 3.63) is 0 Å². The summed E-state index contributed by atoms with van der Waals surface area (Å²) in [4.78, 5) is 0. The first kappa shape index (κ1) is 15.9. The highest BCUT2D eigenvalue weighted by Crippen LogP contribution is 1.63. The zero-order valence-electron chi connectivity index (χ0n) is 4.79. The predicted molar refractivity (Wildman–Crippen MR) is 41.4 cm³/mol. The zero-order valence-corrected chi connectivity index (χ0v) is 6.43. The van der Waals surface area contributed by atoms with E-state index in [1.807, 2.05) is 0 Å². The summed E-state index contributed by atoms with van der Waals surface area (Å²) in [6.07, 6.45) is 0. The summed E-state index contributed by atoms with van der Waals surface area (Å²) in [5.74, 6) is 0. The number of ether oxygens (including phenoxy) is 1. The fourth-order valence-electron chi connectivity index (χ4n) is 0.169. The summed E-state index contributed by atoms with van der Waals surface area (Å²) in [6, 6.07) is -0.273. The lowest BCUT2D eigenvalue weighted by Gasteiger charge is -1.96. The topological polar surface area (TPSA) is 85.1 Å². The molecule has 0 rings (SSSR count). The van der Waals surface area contributed by atoms with Gasteiger partial charge in [0.25, 0.3) is 6.02 Å². The molecule has 0 saturated carbocycles. The summed E-state index contributed by atoms with van der Waals surface area (Å²) < 4.78 is 4.43. The summed E-state index contributed by atoms with van der Waals surface area (Å²) in [5, 5.41) is 6.50. The standard InChI is InChI=1S/C3H9N3O.2ClH/c4-1-2-7-3(5)6;;/h1-2,4H2,(H3,5,6);2*1H. The second-order valence-corrected chi connectivity index (χ2v) is 1.00. The van der Waals surface area contributed by atoms with Crippen LogP contribution in [-0.4, -0.2) is 19.2 Å². The quantitative estimate of drug-likeness (QED) is 0.398. The van der Waals surface area contributed by atoms with Gasteiger partial charge in [-0.2, -0.15) is 0 Å². The smallest absolute Gasteiger partial charge is 0.279 e. The predicted octanol–water partition coefficient (Wildman–Crippen LogP) is -0.301. The SMILES string of the molecule is Cl.Cl.N=C(N)OCCN. The van der Waals surface area contributed by atoms with Gasteiger partial charge in [0.2, 0.25) is 0 Å². The molecule has 0 atom stereocenters. The van der Waals surface area contributed by atoms with Gasteiger partial charge >= 0.3 is 0 Å². The van der Waals surface area contributed by atoms with Crippen molar-refractivity contribution in [3.63, 3.8) is 0 Å². The van der Waals surface area contributed by atoms with E-state index in [2.05, 4.69) is 4.74 Å². The van der Waals surface area contributed by atoms with E-state index in [1.54, 1.807) is 0 Å². The van der Waals surface area contributed by atoms with Crippen molar-refractivity contribution in [2.45, 2.75) is 0 Å². The minimum Gasteiger partial charge on any atom is -0.464 e. The first-order valence-electron chi connectivity index (χ1n) is 1.94. The Morgan fingerprint density at radius 3 is 2.00 bits per heavy atom. The fourth-order valence-corrected chi connectivity index (χ4v) is 0.169. The van der Waals surface area contributed by atoms with Gasteiger partial charge in [-0.25, -0.2) is 0 Å². The van der Waals surface area contributed by atoms with E-state index in [9.17, 15) is 0 Å². The Morgan fingerprint density at radius 1 is 1.44 bits per heavy atom. The molecule has 0 unspecified atom stereocenters. The maximum Gasteiger partial charge on any atom is 0.279 e. The molecule has 4 nitrogen and oxygen atoms in total. The zero-order chi connectivity index (χ0) is 5.70. The number of halogens is 2. The Bertz CT molecular complexity index is 70.1. The van der Waals surface area contributed by atoms with Crippen LogP contribution in [0.1, 0.15) is 0 Å². The average molecular weight is 176 g/mol. The van der Waals surface area contributed by atoms with Gasteiger partial charge in [-0.3, -0.25) is 5.41 Å². The number of hydrogen-bond donors (Lipinski definition) is 3. The first-order valence-corrected chi connectivity index (χ1v) is 1.94. The summed E-state index contributed by atoms with van der Waals surface area (Å²) >= 11 is 0. The molecule has 0 spiro atoms. The second-order valence-electron chi connectivity index (χ2n) is 1.00. The van der Waals surface area contributed by atoms with Gasteiger partial charge in [-0.1, -0.05) is 0 Å². The van der Waals surface area contributed by atoms with Gasteiger partial charge in [0.15, 0.2) is 0 Å². The maximum atomic E-state index is 6.50. The van der Waals surface area contributed by atoms with Crippen LogP contribution < -0.4 is 11.5 Å². The van der Waals surface area contributed by atoms with E-state index in [1.165, 1.54) is 0 Å². The Hall–Kier alpha value is -0.190. The minimum absolute atomic E-state index is 0. The molecule has 0 aliphatic rings. The van der Waals surface area contributed by atoms with Crippen molar-refractivity contribution in [3.8, 4) is 0 Å². The number of amidine groups is 1. The Kier molecular flexibility index (Phi) is 19.0. The molecule has 0 saturated heterocycles. The Balaban J connectivity index is -0.000000180. The number of nitrogens with two attached hydrogens (primary N) is 2. The first-order chi connectivity index (χ1) is 3.27. The van der Waals surface area contributed by atoms with Crippen molar-refractivity contribution in [2.24, 2.45) is 11.5 Å². The number of rotatable bonds is 2. The van der Waals surface area contributed by atoms with Gasteiger partial charge in [-0.05, 0) is 0 Å². The second kappa shape index (κ2) is 10.7. The van der Waals surface area contributed by atoms with E-state index >= 15 is 0 Å². The van der Waals surface area contributed by atoms with Crippen LogP contribution in [0.4, 0.5) is 0 Å². The summed E-state index contributed by atoms with van der Waals surface area (Å²) in [6.45, 7) is 0.731. The third-order valence-corrected chi connectivity index (χ3v) is 0.375. The van der Waals surface area contributed by atoms with Crippen molar-refractivity contribution < 1.29 is 4.74 Å². The lowest BCUT2D eigenvalue weighted by atomic mass is 10.7. The Morgan fingerprint density at radius 2 is 1.89 bits per heavy atom. The van der Waals surface area contributed by atoms with Gasteiger partial charge < -0.3 is 16.2 Å². The minimum atomic E-state index is -0.273. The average Bonchev–Trinajstić information content (AvgIpc) is 1.61. The van der Waals surface area contributed by atoms with Gasteiger partial charge in [0.1, 0.15) is 6.61 Å². The van der Waals surface area contributed by atoms with Crippen molar-refractivity contribution in [1.29, 1.82) is 5.41 Å². The Labute approximate surface area is 66.3 Å². The molecular weight excluding hydrogens is 165 g/mol. The molecule has 6 heteroatoms. The molecule has 0 fully saturated rings. The van der Waals surface area contributed by atoms with Gasteiger partial charge in [0.05, 0.1) is 0 Å². The highest BCUT2D eigenvalue weighted by Gasteiger charge is 1.81. The van der Waals surface area contributed by atoms with Crippen LogP contribution in [0.3, 0.4) is 0 Å². The summed E-state index contributed by atoms with van der Waals surface area (Å²) in [5.41, 5.74) is 9.78. The molecule has 0 aliphatic carbocycles. The molecule has 0 aromatic heterocycles. The molecule has 9 heavy (non-hydrogen) atoms. The molecule has 0 bridgehead atoms. The molecule has 0 aliphatic heterocycles. The van der Waals surface area contributed by atoms with Crippen LogP contribution in [0, 0.1) is 5.41 Å². The van der Waals surface area contributed by atoms with Crippen LogP contribution in [0.25, 0.3) is 0 Å². The van der Waals surface area contributed by atoms with Crippen molar-refractivity contribution in [1.82, 2.24) is 0 Å². The van der Waals surface area contributed by atoms with Crippen molar-refractivity contribution >= 4 is 30.8 Å². The van der Waals surface area contributed by atoms with Crippen LogP contribution in [0.15, 0.2) is 0 Å². The van der Waals surface area contributed by atoms with E-state index in [-0.39, 0.29) is 30.8 Å². The van der Waals surface area contributed by atoms with E-state index in [0.717, 1.165) is 0 Å². The van der Waals surface area contributed by atoms with E-state index in [4.69, 9.17) is 16.9 Å². The third kappa shape index (κ3) is 18.2. The summed E-state index contributed by atoms with van der Waals surface area (Å²) in [7, 11) is 0. The highest BCUT2D eigenvalue weighted by molar-refractivity contribution is 5.85. The molecule has 0 aromatic rings. The lowest BCUT2D eigenvalue weighted by molar-refractivity contribution is 0.307. The lowest BCUT2D eigenvalue weighted by Crippen LogP contribution is -2.19. The molecule has 0 amide bonds. The third-order valence-electron chi connectivity index (χ3n) is 0.375. The monoisotopic (exact) mass is 175 g/mol. The van der Waals surface area contributed by atoms with E-state index < -0.39 is 0 Å². The molecule has 58 valence electrons. The molecule has 0 aromatic carbocycles. The number of hydrogen-bond acceptors (Lipinski definition) is 3. The van der Waals surface area contributed by atoms with Gasteiger partial charge in [-0.15, -0.1) is 24.8 Å². The fraction of sp³-hybridized carbons (Fsp3) is 0.667. The van der Waals surface area contributed by atoms with E-state index in [0.29, 0.717) is 13.2 Å². The maximum absolute atomic E-state index is 6.50. The number of nitrogens with one attached hydrogen (secondary N) is 1. The van der Waals surface area contributed by atoms with Crippen LogP contribution in [0.2, 0.25) is 0 Å². The van der Waals surface area contributed by atoms with Crippen LogP contribution >= 0.6 is 24.8 Å². The normalized spacial score (nSPS) is 6.33. The van der Waals surface area contributed by atoms with Crippen LogP contribution in [-0.2, 0) is 4.74 Å².